The van der Waals surface area contributed by atoms with Crippen molar-refractivity contribution in [2.45, 2.75) is 25.0 Å². The zero-order chi connectivity index (χ0) is 13.8. The molecule has 19 heavy (non-hydrogen) atoms. The predicted molar refractivity (Wildman–Crippen MR) is 70.1 cm³/mol. The number of hydrogen-bond acceptors (Lipinski definition) is 5. The van der Waals surface area contributed by atoms with Crippen molar-refractivity contribution in [2.75, 3.05) is 5.75 Å². The first-order valence-corrected chi connectivity index (χ1v) is 6.83. The fourth-order valence-electron chi connectivity index (χ4n) is 1.66. The molecule has 0 radical (unpaired) electrons. The van der Waals surface area contributed by atoms with Crippen molar-refractivity contribution >= 4 is 17.7 Å². The van der Waals surface area contributed by atoms with Crippen molar-refractivity contribution < 1.29 is 9.90 Å². The maximum atomic E-state index is 10.6. The van der Waals surface area contributed by atoms with E-state index in [4.69, 9.17) is 5.11 Å². The summed E-state index contributed by atoms with van der Waals surface area (Å²) in [6.45, 7) is 2.53. The number of thioether (sulfide) groups is 1. The maximum absolute atomic E-state index is 10.6. The molecule has 0 saturated heterocycles. The molecule has 0 atom stereocenters. The van der Waals surface area contributed by atoms with Crippen molar-refractivity contribution in [1.82, 2.24) is 24.3 Å². The highest BCUT2D eigenvalue weighted by Gasteiger charge is 2.14. The number of carbonyl (C=O) groups is 1. The van der Waals surface area contributed by atoms with Crippen molar-refractivity contribution in [2.24, 2.45) is 7.05 Å². The van der Waals surface area contributed by atoms with E-state index in [1.165, 1.54) is 11.8 Å². The quantitative estimate of drug-likeness (QED) is 0.788. The van der Waals surface area contributed by atoms with Crippen LogP contribution in [0.2, 0.25) is 0 Å². The first-order valence-electron chi connectivity index (χ1n) is 5.84. The summed E-state index contributed by atoms with van der Waals surface area (Å²) < 4.78 is 3.83. The van der Waals surface area contributed by atoms with Crippen LogP contribution < -0.4 is 0 Å². The Morgan fingerprint density at radius 2 is 2.21 bits per heavy atom. The molecule has 0 spiro atoms. The Balaban J connectivity index is 2.23. The largest absolute Gasteiger partial charge is 0.481 e. The Hall–Kier alpha value is -1.83. The highest BCUT2D eigenvalue weighted by Crippen LogP contribution is 2.18. The molecule has 0 aliphatic rings. The van der Waals surface area contributed by atoms with Gasteiger partial charge in [-0.1, -0.05) is 18.7 Å². The minimum atomic E-state index is -0.866. The summed E-state index contributed by atoms with van der Waals surface area (Å²) in [6, 6.07) is 0. The van der Waals surface area contributed by atoms with Gasteiger partial charge >= 0.3 is 5.97 Å². The molecule has 1 N–H and O–H groups in total. The van der Waals surface area contributed by atoms with Crippen molar-refractivity contribution in [3.8, 4) is 0 Å². The molecule has 8 heteroatoms. The highest BCUT2D eigenvalue weighted by atomic mass is 32.2. The van der Waals surface area contributed by atoms with Crippen LogP contribution in [-0.2, 0) is 24.8 Å². The number of rotatable bonds is 6. The Morgan fingerprint density at radius 3 is 2.79 bits per heavy atom. The van der Waals surface area contributed by atoms with Crippen LogP contribution in [0.4, 0.5) is 0 Å². The van der Waals surface area contributed by atoms with Gasteiger partial charge in [-0.3, -0.25) is 9.36 Å². The van der Waals surface area contributed by atoms with E-state index in [-0.39, 0.29) is 5.75 Å². The first-order chi connectivity index (χ1) is 9.11. The molecule has 102 valence electrons. The minimum Gasteiger partial charge on any atom is -0.481 e. The first kappa shape index (κ1) is 13.6. The third kappa shape index (κ3) is 3.14. The fourth-order valence-corrected chi connectivity index (χ4v) is 2.34. The minimum absolute atomic E-state index is 0.0254. The predicted octanol–water partition coefficient (Wildman–Crippen LogP) is 0.799. The van der Waals surface area contributed by atoms with Gasteiger partial charge < -0.3 is 9.67 Å². The van der Waals surface area contributed by atoms with Crippen LogP contribution in [0.3, 0.4) is 0 Å². The summed E-state index contributed by atoms with van der Waals surface area (Å²) >= 11 is 1.17. The highest BCUT2D eigenvalue weighted by molar-refractivity contribution is 7.99. The van der Waals surface area contributed by atoms with Crippen LogP contribution in [0.5, 0.6) is 0 Å². The van der Waals surface area contributed by atoms with Crippen LogP contribution in [0.15, 0.2) is 17.6 Å². The lowest BCUT2D eigenvalue weighted by Gasteiger charge is -2.08. The summed E-state index contributed by atoms with van der Waals surface area (Å²) in [5, 5.41) is 17.5. The molecule has 0 aromatic carbocycles. The number of aliphatic carboxylic acids is 1. The van der Waals surface area contributed by atoms with Crippen molar-refractivity contribution in [3.05, 3.63) is 24.0 Å². The van der Waals surface area contributed by atoms with Crippen LogP contribution in [0, 0.1) is 0 Å². The van der Waals surface area contributed by atoms with Gasteiger partial charge in [0.15, 0.2) is 5.16 Å². The van der Waals surface area contributed by atoms with Crippen LogP contribution in [0.25, 0.3) is 0 Å². The van der Waals surface area contributed by atoms with Crippen molar-refractivity contribution in [3.63, 3.8) is 0 Å². The number of aromatic nitrogens is 5. The zero-order valence-corrected chi connectivity index (χ0v) is 11.6. The lowest BCUT2D eigenvalue weighted by Crippen LogP contribution is -2.10. The number of carboxylic acids is 1. The summed E-state index contributed by atoms with van der Waals surface area (Å²) in [5.41, 5.74) is 0. The van der Waals surface area contributed by atoms with E-state index < -0.39 is 5.97 Å². The number of carboxylic acid groups (broad SMARTS) is 1. The molecule has 2 heterocycles. The van der Waals surface area contributed by atoms with Gasteiger partial charge in [0.1, 0.15) is 11.6 Å². The van der Waals surface area contributed by atoms with Crippen molar-refractivity contribution in [1.29, 1.82) is 0 Å². The molecule has 0 aliphatic heterocycles. The van der Waals surface area contributed by atoms with E-state index in [9.17, 15) is 4.79 Å². The summed E-state index contributed by atoms with van der Waals surface area (Å²) in [6.07, 6.45) is 4.34. The van der Waals surface area contributed by atoms with Gasteiger partial charge in [0.2, 0.25) is 0 Å². The van der Waals surface area contributed by atoms with E-state index in [0.29, 0.717) is 11.7 Å². The smallest absolute Gasteiger partial charge is 0.313 e. The molecule has 0 fully saturated rings. The monoisotopic (exact) mass is 281 g/mol. The van der Waals surface area contributed by atoms with Gasteiger partial charge in [-0.2, -0.15) is 0 Å². The van der Waals surface area contributed by atoms with Crippen LogP contribution in [0.1, 0.15) is 18.6 Å². The summed E-state index contributed by atoms with van der Waals surface area (Å²) in [7, 11) is 1.92. The molecule has 2 aromatic heterocycles. The topological polar surface area (TPSA) is 85.8 Å². The second kappa shape index (κ2) is 5.87. The molecule has 0 unspecified atom stereocenters. The Kier molecular flexibility index (Phi) is 4.20. The van der Waals surface area contributed by atoms with Crippen LogP contribution in [-0.4, -0.2) is 41.1 Å². The molecule has 0 amide bonds. The van der Waals surface area contributed by atoms with Gasteiger partial charge in [-0.15, -0.1) is 10.2 Å². The SMILES string of the molecule is CCc1nnc(SCC(=O)O)n1Cc1nccn1C. The molecule has 0 aliphatic carbocycles. The summed E-state index contributed by atoms with van der Waals surface area (Å²) in [5.74, 6) is 0.819. The van der Waals surface area contributed by atoms with Gasteiger partial charge in [0, 0.05) is 25.9 Å². The average molecular weight is 281 g/mol. The Bertz CT molecular complexity index is 577. The Morgan fingerprint density at radius 1 is 1.42 bits per heavy atom. The van der Waals surface area contributed by atoms with Gasteiger partial charge in [0.05, 0.1) is 12.3 Å². The molecule has 0 saturated carbocycles. The maximum Gasteiger partial charge on any atom is 0.313 e. The normalized spacial score (nSPS) is 10.8. The lowest BCUT2D eigenvalue weighted by molar-refractivity contribution is -0.133. The standard InChI is InChI=1S/C11H15N5O2S/c1-3-8-13-14-11(19-7-10(17)18)16(8)6-9-12-4-5-15(9)2/h4-5H,3,6-7H2,1-2H3,(H,17,18). The number of nitrogens with zero attached hydrogens (tertiary/aromatic N) is 5. The van der Waals surface area contributed by atoms with E-state index in [0.717, 1.165) is 18.1 Å². The lowest BCUT2D eigenvalue weighted by atomic mass is 10.4. The average Bonchev–Trinajstić information content (AvgIpc) is 2.95. The third-order valence-electron chi connectivity index (χ3n) is 2.65. The van der Waals surface area contributed by atoms with Gasteiger partial charge in [-0.05, 0) is 0 Å². The molecule has 0 bridgehead atoms. The fraction of sp³-hybridized carbons (Fsp3) is 0.455. The molecule has 7 nitrogen and oxygen atoms in total. The number of hydrogen-bond donors (Lipinski definition) is 1. The number of imidazole rings is 1. The van der Waals surface area contributed by atoms with Crippen LogP contribution >= 0.6 is 11.8 Å². The van der Waals surface area contributed by atoms with E-state index >= 15 is 0 Å². The zero-order valence-electron chi connectivity index (χ0n) is 10.8. The second-order valence-electron chi connectivity index (χ2n) is 3.98. The molecular formula is C11H15N5O2S. The van der Waals surface area contributed by atoms with E-state index in [2.05, 4.69) is 15.2 Å². The second-order valence-corrected chi connectivity index (χ2v) is 4.92. The third-order valence-corrected chi connectivity index (χ3v) is 3.61. The molecule has 2 aromatic rings. The number of aryl methyl sites for hydroxylation is 2. The van der Waals surface area contributed by atoms with Gasteiger partial charge in [-0.25, -0.2) is 4.98 Å². The van der Waals surface area contributed by atoms with E-state index in [1.54, 1.807) is 6.20 Å². The van der Waals surface area contributed by atoms with Gasteiger partial charge in [0.25, 0.3) is 0 Å². The summed E-state index contributed by atoms with van der Waals surface area (Å²) in [4.78, 5) is 14.9. The van der Waals surface area contributed by atoms with E-state index in [1.807, 2.05) is 29.3 Å². The molecular weight excluding hydrogens is 266 g/mol. The Labute approximate surface area is 114 Å². The molecule has 2 rings (SSSR count).